The summed E-state index contributed by atoms with van der Waals surface area (Å²) >= 11 is 0. The van der Waals surface area contributed by atoms with Crippen LogP contribution in [0.3, 0.4) is 0 Å². The molecule has 0 bridgehead atoms. The number of hydrogen-bond acceptors (Lipinski definition) is 4. The summed E-state index contributed by atoms with van der Waals surface area (Å²) in [5.41, 5.74) is 0. The fraction of sp³-hybridized carbons (Fsp3) is 0.857. The Morgan fingerprint density at radius 2 is 2.21 bits per heavy atom. The van der Waals surface area contributed by atoms with Crippen molar-refractivity contribution in [1.82, 2.24) is 20.1 Å². The minimum absolute atomic E-state index is 0.440. The molecule has 2 atom stereocenters. The van der Waals surface area contributed by atoms with Crippen molar-refractivity contribution in [3.8, 4) is 0 Å². The van der Waals surface area contributed by atoms with Gasteiger partial charge in [-0.1, -0.05) is 20.8 Å². The summed E-state index contributed by atoms with van der Waals surface area (Å²) in [5.74, 6) is 1.63. The van der Waals surface area contributed by atoms with Gasteiger partial charge in [-0.2, -0.15) is 5.10 Å². The van der Waals surface area contributed by atoms with E-state index in [-0.39, 0.29) is 0 Å². The Labute approximate surface area is 116 Å². The van der Waals surface area contributed by atoms with Gasteiger partial charge in [0, 0.05) is 32.7 Å². The molecule has 0 amide bonds. The quantitative estimate of drug-likeness (QED) is 0.704. The van der Waals surface area contributed by atoms with E-state index >= 15 is 0 Å². The Balaban J connectivity index is 2.58. The number of rotatable bonds is 10. The van der Waals surface area contributed by atoms with Crippen molar-refractivity contribution in [1.29, 1.82) is 0 Å². The second-order valence-electron chi connectivity index (χ2n) is 5.15. The predicted molar refractivity (Wildman–Crippen MR) is 77.1 cm³/mol. The maximum atomic E-state index is 5.22. The fourth-order valence-corrected chi connectivity index (χ4v) is 2.43. The van der Waals surface area contributed by atoms with Gasteiger partial charge in [-0.15, -0.1) is 0 Å². The monoisotopic (exact) mass is 268 g/mol. The maximum Gasteiger partial charge on any atom is 0.138 e. The summed E-state index contributed by atoms with van der Waals surface area (Å²) in [7, 11) is 1.76. The molecule has 1 N–H and O–H groups in total. The van der Waals surface area contributed by atoms with Crippen LogP contribution in [0.1, 0.15) is 39.4 Å². The van der Waals surface area contributed by atoms with E-state index in [0.717, 1.165) is 44.8 Å². The molecule has 2 unspecified atom stereocenters. The van der Waals surface area contributed by atoms with Crippen LogP contribution in [-0.2, 0) is 17.7 Å². The molecule has 5 nitrogen and oxygen atoms in total. The Hall–Kier alpha value is -0.940. The van der Waals surface area contributed by atoms with Crippen molar-refractivity contribution in [2.75, 3.05) is 20.3 Å². The van der Waals surface area contributed by atoms with Crippen LogP contribution in [0.2, 0.25) is 0 Å². The summed E-state index contributed by atoms with van der Waals surface area (Å²) < 4.78 is 7.24. The van der Waals surface area contributed by atoms with Crippen molar-refractivity contribution < 1.29 is 4.74 Å². The molecule has 0 fully saturated rings. The van der Waals surface area contributed by atoms with Crippen LogP contribution in [0.5, 0.6) is 0 Å². The summed E-state index contributed by atoms with van der Waals surface area (Å²) in [6, 6.07) is 0.440. The average molecular weight is 268 g/mol. The Kier molecular flexibility index (Phi) is 7.67. The molecular formula is C14H28N4O. The molecule has 0 saturated heterocycles. The molecule has 1 rings (SSSR count). The smallest absolute Gasteiger partial charge is 0.138 e. The molecule has 0 aliphatic rings. The summed E-state index contributed by atoms with van der Waals surface area (Å²) in [6.45, 7) is 9.26. The zero-order chi connectivity index (χ0) is 14.1. The van der Waals surface area contributed by atoms with Crippen molar-refractivity contribution in [2.45, 2.75) is 52.6 Å². The molecular weight excluding hydrogens is 240 g/mol. The average Bonchev–Trinajstić information content (AvgIpc) is 2.78. The second kappa shape index (κ2) is 9.04. The first kappa shape index (κ1) is 16.1. The van der Waals surface area contributed by atoms with Gasteiger partial charge in [-0.05, 0) is 25.3 Å². The fourth-order valence-electron chi connectivity index (χ4n) is 2.43. The third kappa shape index (κ3) is 5.70. The highest BCUT2D eigenvalue weighted by Gasteiger charge is 2.16. The van der Waals surface area contributed by atoms with E-state index in [2.05, 4.69) is 36.2 Å². The molecule has 0 aliphatic carbocycles. The Morgan fingerprint density at radius 3 is 2.84 bits per heavy atom. The second-order valence-corrected chi connectivity index (χ2v) is 5.15. The lowest BCUT2D eigenvalue weighted by Crippen LogP contribution is -2.34. The van der Waals surface area contributed by atoms with Crippen LogP contribution in [-0.4, -0.2) is 41.1 Å². The molecule has 1 aromatic heterocycles. The zero-order valence-electron chi connectivity index (χ0n) is 12.7. The van der Waals surface area contributed by atoms with E-state index in [9.17, 15) is 0 Å². The van der Waals surface area contributed by atoms with Crippen LogP contribution < -0.4 is 5.32 Å². The van der Waals surface area contributed by atoms with Crippen LogP contribution >= 0.6 is 0 Å². The topological polar surface area (TPSA) is 52.0 Å². The Bertz CT molecular complexity index is 340. The first-order valence-corrected chi connectivity index (χ1v) is 7.30. The normalized spacial score (nSPS) is 14.5. The lowest BCUT2D eigenvalue weighted by molar-refractivity contribution is 0.149. The zero-order valence-corrected chi connectivity index (χ0v) is 12.7. The molecule has 0 spiro atoms. The highest BCUT2D eigenvalue weighted by Crippen LogP contribution is 2.11. The van der Waals surface area contributed by atoms with E-state index in [0.29, 0.717) is 12.0 Å². The SMILES string of the molecule is CCCn1ncnc1CC(CC(C)COC)NCC. The van der Waals surface area contributed by atoms with Gasteiger partial charge in [0.05, 0.1) is 0 Å². The third-order valence-corrected chi connectivity index (χ3v) is 3.19. The van der Waals surface area contributed by atoms with Crippen LogP contribution in [0, 0.1) is 5.92 Å². The molecule has 1 aromatic rings. The van der Waals surface area contributed by atoms with Crippen molar-refractivity contribution in [3.05, 3.63) is 12.2 Å². The number of aromatic nitrogens is 3. The number of ether oxygens (including phenoxy) is 1. The molecule has 0 aromatic carbocycles. The van der Waals surface area contributed by atoms with E-state index in [1.807, 2.05) is 4.68 Å². The minimum atomic E-state index is 0.440. The molecule has 110 valence electrons. The van der Waals surface area contributed by atoms with E-state index < -0.39 is 0 Å². The van der Waals surface area contributed by atoms with Crippen molar-refractivity contribution in [2.24, 2.45) is 5.92 Å². The number of methoxy groups -OCH3 is 1. The first-order valence-electron chi connectivity index (χ1n) is 7.30. The number of aryl methyl sites for hydroxylation is 1. The third-order valence-electron chi connectivity index (χ3n) is 3.19. The first-order chi connectivity index (χ1) is 9.21. The van der Waals surface area contributed by atoms with Crippen molar-refractivity contribution in [3.63, 3.8) is 0 Å². The molecule has 0 saturated carbocycles. The minimum Gasteiger partial charge on any atom is -0.384 e. The van der Waals surface area contributed by atoms with Gasteiger partial charge in [0.1, 0.15) is 12.2 Å². The summed E-state index contributed by atoms with van der Waals surface area (Å²) in [4.78, 5) is 4.39. The van der Waals surface area contributed by atoms with Crippen LogP contribution in [0.15, 0.2) is 6.33 Å². The van der Waals surface area contributed by atoms with Gasteiger partial charge >= 0.3 is 0 Å². The highest BCUT2D eigenvalue weighted by atomic mass is 16.5. The molecule has 0 aliphatic heterocycles. The largest absolute Gasteiger partial charge is 0.384 e. The maximum absolute atomic E-state index is 5.22. The van der Waals surface area contributed by atoms with E-state index in [4.69, 9.17) is 4.74 Å². The lowest BCUT2D eigenvalue weighted by Gasteiger charge is -2.21. The van der Waals surface area contributed by atoms with Gasteiger partial charge in [0.15, 0.2) is 0 Å². The lowest BCUT2D eigenvalue weighted by atomic mass is 9.99. The number of nitrogens with one attached hydrogen (secondary N) is 1. The van der Waals surface area contributed by atoms with Gasteiger partial charge in [0.25, 0.3) is 0 Å². The number of likely N-dealkylation sites (N-methyl/N-ethyl adjacent to an activating group) is 1. The van der Waals surface area contributed by atoms with E-state index in [1.165, 1.54) is 0 Å². The van der Waals surface area contributed by atoms with Crippen LogP contribution in [0.25, 0.3) is 0 Å². The van der Waals surface area contributed by atoms with Gasteiger partial charge < -0.3 is 10.1 Å². The van der Waals surface area contributed by atoms with E-state index in [1.54, 1.807) is 13.4 Å². The van der Waals surface area contributed by atoms with Gasteiger partial charge in [-0.3, -0.25) is 4.68 Å². The highest BCUT2D eigenvalue weighted by molar-refractivity contribution is 4.90. The Morgan fingerprint density at radius 1 is 1.42 bits per heavy atom. The molecule has 5 heteroatoms. The number of hydrogen-bond donors (Lipinski definition) is 1. The molecule has 1 heterocycles. The molecule has 0 radical (unpaired) electrons. The number of nitrogens with zero attached hydrogens (tertiary/aromatic N) is 3. The predicted octanol–water partition coefficient (Wildman–Crippen LogP) is 1.88. The molecule has 19 heavy (non-hydrogen) atoms. The summed E-state index contributed by atoms with van der Waals surface area (Å²) in [6.07, 6.45) is 4.78. The standard InChI is InChI=1S/C14H28N4O/c1-5-7-18-14(16-11-17-18)9-13(15-6-2)8-12(3)10-19-4/h11-13,15H,5-10H2,1-4H3. The van der Waals surface area contributed by atoms with Gasteiger partial charge in [0.2, 0.25) is 0 Å². The van der Waals surface area contributed by atoms with Crippen molar-refractivity contribution >= 4 is 0 Å². The van der Waals surface area contributed by atoms with Crippen LogP contribution in [0.4, 0.5) is 0 Å². The van der Waals surface area contributed by atoms with Gasteiger partial charge in [-0.25, -0.2) is 4.98 Å². The summed E-state index contributed by atoms with van der Waals surface area (Å²) in [5, 5.41) is 7.83.